The molecule has 0 unspecified atom stereocenters. The van der Waals surface area contributed by atoms with Crippen molar-refractivity contribution in [3.05, 3.63) is 33.7 Å². The van der Waals surface area contributed by atoms with Gasteiger partial charge in [0, 0.05) is 6.20 Å². The zero-order chi connectivity index (χ0) is 12.3. The number of halogens is 3. The van der Waals surface area contributed by atoms with Gasteiger partial charge < -0.3 is 9.72 Å². The van der Waals surface area contributed by atoms with Crippen LogP contribution in [-0.4, -0.2) is 17.6 Å². The van der Waals surface area contributed by atoms with Crippen LogP contribution in [0.5, 0.6) is 0 Å². The van der Waals surface area contributed by atoms with Crippen molar-refractivity contribution < 1.29 is 22.7 Å². The molecule has 0 atom stereocenters. The van der Waals surface area contributed by atoms with E-state index < -0.39 is 23.3 Å². The standard InChI is InChI=1S/C9H8F3NO3/c1-2-16-8(15)5-3-6(9(10,11)12)7(14)13-4-5/h3-4H,2H2,1H3,(H,13,14). The van der Waals surface area contributed by atoms with Crippen LogP contribution in [0.15, 0.2) is 17.1 Å². The predicted octanol–water partition coefficient (Wildman–Crippen LogP) is 1.57. The summed E-state index contributed by atoms with van der Waals surface area (Å²) >= 11 is 0. The minimum absolute atomic E-state index is 0.0410. The molecule has 88 valence electrons. The summed E-state index contributed by atoms with van der Waals surface area (Å²) in [4.78, 5) is 23.8. The molecule has 0 spiro atoms. The summed E-state index contributed by atoms with van der Waals surface area (Å²) < 4.78 is 41.4. The first kappa shape index (κ1) is 12.3. The fourth-order valence-electron chi connectivity index (χ4n) is 1.03. The molecule has 0 radical (unpaired) electrons. The molecular formula is C9H8F3NO3. The molecule has 0 aliphatic carbocycles. The maximum atomic E-state index is 12.3. The number of nitrogens with one attached hydrogen (secondary N) is 1. The summed E-state index contributed by atoms with van der Waals surface area (Å²) in [6.07, 6.45) is -3.91. The summed E-state index contributed by atoms with van der Waals surface area (Å²) in [5, 5.41) is 0. The van der Waals surface area contributed by atoms with E-state index in [1.54, 1.807) is 0 Å². The lowest BCUT2D eigenvalue weighted by Crippen LogP contribution is -2.22. The van der Waals surface area contributed by atoms with Crippen molar-refractivity contribution in [3.8, 4) is 0 Å². The van der Waals surface area contributed by atoms with Gasteiger partial charge in [0.1, 0.15) is 5.56 Å². The van der Waals surface area contributed by atoms with E-state index in [-0.39, 0.29) is 12.2 Å². The lowest BCUT2D eigenvalue weighted by atomic mass is 10.2. The van der Waals surface area contributed by atoms with E-state index in [0.717, 1.165) is 6.20 Å². The molecule has 1 aromatic heterocycles. The van der Waals surface area contributed by atoms with Crippen molar-refractivity contribution in [2.24, 2.45) is 0 Å². The molecule has 0 amide bonds. The van der Waals surface area contributed by atoms with Gasteiger partial charge in [-0.3, -0.25) is 4.79 Å². The second-order valence-electron chi connectivity index (χ2n) is 2.85. The van der Waals surface area contributed by atoms with Gasteiger partial charge in [0.25, 0.3) is 5.56 Å². The second kappa shape index (κ2) is 4.38. The van der Waals surface area contributed by atoms with Crippen LogP contribution in [0.4, 0.5) is 13.2 Å². The third-order valence-electron chi connectivity index (χ3n) is 1.72. The number of carbonyl (C=O) groups is 1. The number of H-pyrrole nitrogens is 1. The number of ether oxygens (including phenoxy) is 1. The Bertz CT molecular complexity index is 450. The van der Waals surface area contributed by atoms with Crippen LogP contribution < -0.4 is 5.56 Å². The Morgan fingerprint density at radius 3 is 2.62 bits per heavy atom. The van der Waals surface area contributed by atoms with Crippen molar-refractivity contribution in [1.82, 2.24) is 4.98 Å². The number of rotatable bonds is 2. The number of esters is 1. The maximum absolute atomic E-state index is 12.3. The van der Waals surface area contributed by atoms with Crippen LogP contribution in [-0.2, 0) is 10.9 Å². The second-order valence-corrected chi connectivity index (χ2v) is 2.85. The van der Waals surface area contributed by atoms with Crippen LogP contribution >= 0.6 is 0 Å². The molecule has 0 bridgehead atoms. The van der Waals surface area contributed by atoms with Gasteiger partial charge in [0.05, 0.1) is 12.2 Å². The molecule has 0 aromatic carbocycles. The summed E-state index contributed by atoms with van der Waals surface area (Å²) in [5.74, 6) is -0.913. The number of pyridine rings is 1. The normalized spacial score (nSPS) is 11.2. The zero-order valence-corrected chi connectivity index (χ0v) is 8.22. The van der Waals surface area contributed by atoms with Crippen molar-refractivity contribution in [2.75, 3.05) is 6.61 Å². The van der Waals surface area contributed by atoms with Crippen molar-refractivity contribution in [2.45, 2.75) is 13.1 Å². The third-order valence-corrected chi connectivity index (χ3v) is 1.72. The number of hydrogen-bond donors (Lipinski definition) is 1. The van der Waals surface area contributed by atoms with E-state index in [9.17, 15) is 22.8 Å². The molecule has 0 fully saturated rings. The Morgan fingerprint density at radius 1 is 1.50 bits per heavy atom. The number of alkyl halides is 3. The molecule has 1 N–H and O–H groups in total. The van der Waals surface area contributed by atoms with Gasteiger partial charge in [-0.1, -0.05) is 0 Å². The Kier molecular flexibility index (Phi) is 3.36. The monoisotopic (exact) mass is 235 g/mol. The van der Waals surface area contributed by atoms with E-state index in [1.807, 2.05) is 4.98 Å². The number of hydrogen-bond acceptors (Lipinski definition) is 3. The average Bonchev–Trinajstić information content (AvgIpc) is 2.16. The SMILES string of the molecule is CCOC(=O)c1c[nH]c(=O)c(C(F)(F)F)c1. The third kappa shape index (κ3) is 2.62. The molecule has 7 heteroatoms. The first-order valence-electron chi connectivity index (χ1n) is 4.33. The lowest BCUT2D eigenvalue weighted by Gasteiger charge is -2.07. The Balaban J connectivity index is 3.18. The van der Waals surface area contributed by atoms with E-state index >= 15 is 0 Å². The number of aromatic nitrogens is 1. The van der Waals surface area contributed by atoms with Gasteiger partial charge in [-0.15, -0.1) is 0 Å². The molecule has 1 aromatic rings. The highest BCUT2D eigenvalue weighted by Gasteiger charge is 2.34. The molecule has 0 saturated heterocycles. The van der Waals surface area contributed by atoms with Crippen molar-refractivity contribution in [3.63, 3.8) is 0 Å². The minimum atomic E-state index is -4.80. The van der Waals surface area contributed by atoms with Crippen molar-refractivity contribution >= 4 is 5.97 Å². The molecule has 16 heavy (non-hydrogen) atoms. The highest BCUT2D eigenvalue weighted by molar-refractivity contribution is 5.89. The van der Waals surface area contributed by atoms with E-state index in [1.165, 1.54) is 6.92 Å². The van der Waals surface area contributed by atoms with E-state index in [2.05, 4.69) is 4.74 Å². The Hall–Kier alpha value is -1.79. The molecule has 0 aliphatic rings. The fraction of sp³-hybridized carbons (Fsp3) is 0.333. The highest BCUT2D eigenvalue weighted by Crippen LogP contribution is 2.26. The lowest BCUT2D eigenvalue weighted by molar-refractivity contribution is -0.138. The van der Waals surface area contributed by atoms with Crippen molar-refractivity contribution in [1.29, 1.82) is 0 Å². The molecular weight excluding hydrogens is 227 g/mol. The van der Waals surface area contributed by atoms with Gasteiger partial charge in [-0.05, 0) is 13.0 Å². The number of aromatic amines is 1. The largest absolute Gasteiger partial charge is 0.462 e. The smallest absolute Gasteiger partial charge is 0.421 e. The van der Waals surface area contributed by atoms with Crippen LogP contribution in [0, 0.1) is 0 Å². The van der Waals surface area contributed by atoms with Gasteiger partial charge in [0.15, 0.2) is 0 Å². The highest BCUT2D eigenvalue weighted by atomic mass is 19.4. The molecule has 1 heterocycles. The quantitative estimate of drug-likeness (QED) is 0.791. The summed E-state index contributed by atoms with van der Waals surface area (Å²) in [6, 6.07) is 0.469. The topological polar surface area (TPSA) is 59.2 Å². The van der Waals surface area contributed by atoms with Gasteiger partial charge in [-0.25, -0.2) is 4.79 Å². The van der Waals surface area contributed by atoms with Gasteiger partial charge >= 0.3 is 12.1 Å². The first-order valence-corrected chi connectivity index (χ1v) is 4.33. The maximum Gasteiger partial charge on any atom is 0.421 e. The van der Waals surface area contributed by atoms with Crippen LogP contribution in [0.25, 0.3) is 0 Å². The van der Waals surface area contributed by atoms with E-state index in [0.29, 0.717) is 6.07 Å². The Labute approximate surface area is 88.0 Å². The minimum Gasteiger partial charge on any atom is -0.462 e. The van der Waals surface area contributed by atoms with Gasteiger partial charge in [-0.2, -0.15) is 13.2 Å². The first-order chi connectivity index (χ1) is 7.36. The van der Waals surface area contributed by atoms with E-state index in [4.69, 9.17) is 0 Å². The predicted molar refractivity (Wildman–Crippen MR) is 48.0 cm³/mol. The zero-order valence-electron chi connectivity index (χ0n) is 8.22. The average molecular weight is 235 g/mol. The van der Waals surface area contributed by atoms with Crippen LogP contribution in [0.1, 0.15) is 22.8 Å². The summed E-state index contributed by atoms with van der Waals surface area (Å²) in [5.41, 5.74) is -3.05. The molecule has 0 saturated carbocycles. The number of carbonyl (C=O) groups excluding carboxylic acids is 1. The molecule has 1 rings (SSSR count). The fourth-order valence-corrected chi connectivity index (χ4v) is 1.03. The summed E-state index contributed by atoms with van der Waals surface area (Å²) in [7, 11) is 0. The summed E-state index contributed by atoms with van der Waals surface area (Å²) in [6.45, 7) is 1.56. The molecule has 0 aliphatic heterocycles. The molecule has 4 nitrogen and oxygen atoms in total. The van der Waals surface area contributed by atoms with Crippen LogP contribution in [0.2, 0.25) is 0 Å². The van der Waals surface area contributed by atoms with Crippen LogP contribution in [0.3, 0.4) is 0 Å². The van der Waals surface area contributed by atoms with Gasteiger partial charge in [0.2, 0.25) is 0 Å². The Morgan fingerprint density at radius 2 is 2.12 bits per heavy atom.